The number of nitrogens with zero attached hydrogens (tertiary/aromatic N) is 2. The minimum Gasteiger partial charge on any atom is -0.480 e. The minimum absolute atomic E-state index is 0.0116. The molecule has 0 atom stereocenters. The fourth-order valence-corrected chi connectivity index (χ4v) is 3.14. The molecule has 0 spiro atoms. The van der Waals surface area contributed by atoms with Crippen LogP contribution in [0.2, 0.25) is 5.02 Å². The average Bonchev–Trinajstić information content (AvgIpc) is 3.01. The van der Waals surface area contributed by atoms with Gasteiger partial charge in [0.15, 0.2) is 0 Å². The molecule has 1 fully saturated rings. The Balaban J connectivity index is 1.99. The second kappa shape index (κ2) is 6.88. The average molecular weight is 392 g/mol. The molecule has 1 aromatic heterocycles. The number of halogens is 2. The summed E-state index contributed by atoms with van der Waals surface area (Å²) in [6.45, 7) is 2.92. The van der Waals surface area contributed by atoms with Crippen LogP contribution >= 0.6 is 11.6 Å². The molecule has 9 heteroatoms. The number of carboxylic acids is 1. The van der Waals surface area contributed by atoms with Crippen LogP contribution in [0.1, 0.15) is 17.0 Å². The van der Waals surface area contributed by atoms with Gasteiger partial charge in [0.1, 0.15) is 18.1 Å². The van der Waals surface area contributed by atoms with Crippen molar-refractivity contribution in [3.05, 3.63) is 57.8 Å². The van der Waals surface area contributed by atoms with Gasteiger partial charge >= 0.3 is 12.0 Å². The third-order valence-corrected chi connectivity index (χ3v) is 4.48. The van der Waals surface area contributed by atoms with Crippen molar-refractivity contribution in [2.45, 2.75) is 13.8 Å². The zero-order valence-corrected chi connectivity index (χ0v) is 15.2. The van der Waals surface area contributed by atoms with E-state index >= 15 is 0 Å². The molecule has 7 nitrogen and oxygen atoms in total. The van der Waals surface area contributed by atoms with E-state index in [4.69, 9.17) is 16.7 Å². The molecule has 1 saturated heterocycles. The van der Waals surface area contributed by atoms with Crippen molar-refractivity contribution in [2.75, 3.05) is 6.54 Å². The lowest BCUT2D eigenvalue weighted by Crippen LogP contribution is -2.35. The summed E-state index contributed by atoms with van der Waals surface area (Å²) in [6, 6.07) is 5.34. The highest BCUT2D eigenvalue weighted by Crippen LogP contribution is 2.26. The summed E-state index contributed by atoms with van der Waals surface area (Å²) in [7, 11) is 0. The van der Waals surface area contributed by atoms with Crippen LogP contribution in [0.5, 0.6) is 0 Å². The summed E-state index contributed by atoms with van der Waals surface area (Å²) < 4.78 is 15.3. The summed E-state index contributed by atoms with van der Waals surface area (Å²) in [4.78, 5) is 35.5. The lowest BCUT2D eigenvalue weighted by molar-refractivity contribution is -0.140. The molecule has 27 heavy (non-hydrogen) atoms. The van der Waals surface area contributed by atoms with Crippen molar-refractivity contribution in [3.63, 3.8) is 0 Å². The molecule has 3 amide bonds. The first-order chi connectivity index (χ1) is 12.7. The SMILES string of the molecule is Cc1cc(/C=C2/NC(=O)N(CC(=O)O)C2=O)c(C)n1-c1ccc(F)c(Cl)c1. The van der Waals surface area contributed by atoms with Gasteiger partial charge in [-0.15, -0.1) is 0 Å². The van der Waals surface area contributed by atoms with Gasteiger partial charge in [0.25, 0.3) is 5.91 Å². The number of rotatable bonds is 4. The Labute approximate surface area is 158 Å². The Hall–Kier alpha value is -3.13. The van der Waals surface area contributed by atoms with E-state index in [1.807, 2.05) is 11.5 Å². The monoisotopic (exact) mass is 391 g/mol. The number of aromatic nitrogens is 1. The van der Waals surface area contributed by atoms with Gasteiger partial charge in [0, 0.05) is 17.1 Å². The second-order valence-corrected chi connectivity index (χ2v) is 6.44. The maximum atomic E-state index is 13.4. The van der Waals surface area contributed by atoms with Crippen LogP contribution in [0.4, 0.5) is 9.18 Å². The smallest absolute Gasteiger partial charge is 0.329 e. The van der Waals surface area contributed by atoms with Crippen LogP contribution in [0.25, 0.3) is 11.8 Å². The Morgan fingerprint density at radius 3 is 2.63 bits per heavy atom. The van der Waals surface area contributed by atoms with Gasteiger partial charge in [-0.25, -0.2) is 14.1 Å². The van der Waals surface area contributed by atoms with E-state index in [1.165, 1.54) is 18.2 Å². The fourth-order valence-electron chi connectivity index (χ4n) is 2.96. The van der Waals surface area contributed by atoms with E-state index in [-0.39, 0.29) is 10.7 Å². The van der Waals surface area contributed by atoms with Gasteiger partial charge in [-0.2, -0.15) is 0 Å². The zero-order chi connectivity index (χ0) is 19.9. The predicted octanol–water partition coefficient (Wildman–Crippen LogP) is 2.86. The van der Waals surface area contributed by atoms with E-state index in [9.17, 15) is 18.8 Å². The topological polar surface area (TPSA) is 91.6 Å². The molecule has 0 saturated carbocycles. The Morgan fingerprint density at radius 2 is 2.00 bits per heavy atom. The maximum Gasteiger partial charge on any atom is 0.329 e. The highest BCUT2D eigenvalue weighted by Gasteiger charge is 2.35. The fraction of sp³-hybridized carbons (Fsp3) is 0.167. The Kier molecular flexibility index (Phi) is 4.75. The zero-order valence-electron chi connectivity index (χ0n) is 14.4. The van der Waals surface area contributed by atoms with E-state index < -0.39 is 30.3 Å². The number of carbonyl (C=O) groups is 3. The number of amides is 3. The van der Waals surface area contributed by atoms with Crippen LogP contribution in [0.3, 0.4) is 0 Å². The number of benzene rings is 1. The largest absolute Gasteiger partial charge is 0.480 e. The lowest BCUT2D eigenvalue weighted by atomic mass is 10.2. The molecule has 1 aliphatic heterocycles. The summed E-state index contributed by atoms with van der Waals surface area (Å²) in [5.74, 6) is -2.52. The molecular formula is C18H15ClFN3O4. The van der Waals surface area contributed by atoms with Crippen LogP contribution < -0.4 is 5.32 Å². The third-order valence-electron chi connectivity index (χ3n) is 4.19. The van der Waals surface area contributed by atoms with Crippen molar-refractivity contribution in [2.24, 2.45) is 0 Å². The Bertz CT molecular complexity index is 1010. The molecule has 2 aromatic rings. The third kappa shape index (κ3) is 3.43. The number of carboxylic acid groups (broad SMARTS) is 1. The normalized spacial score (nSPS) is 15.6. The summed E-state index contributed by atoms with van der Waals surface area (Å²) in [5, 5.41) is 11.2. The van der Waals surface area contributed by atoms with Gasteiger partial charge in [0.2, 0.25) is 0 Å². The molecular weight excluding hydrogens is 377 g/mol. The molecule has 2 N–H and O–H groups in total. The number of aryl methyl sites for hydroxylation is 1. The number of carbonyl (C=O) groups excluding carboxylic acids is 2. The molecule has 3 rings (SSSR count). The maximum absolute atomic E-state index is 13.4. The second-order valence-electron chi connectivity index (χ2n) is 6.03. The number of nitrogens with one attached hydrogen (secondary N) is 1. The lowest BCUT2D eigenvalue weighted by Gasteiger charge is -2.10. The number of hydrogen-bond acceptors (Lipinski definition) is 3. The predicted molar refractivity (Wildman–Crippen MR) is 96.1 cm³/mol. The quantitative estimate of drug-likeness (QED) is 0.619. The summed E-state index contributed by atoms with van der Waals surface area (Å²) >= 11 is 5.86. The summed E-state index contributed by atoms with van der Waals surface area (Å²) in [6.07, 6.45) is 1.48. The highest BCUT2D eigenvalue weighted by molar-refractivity contribution is 6.30. The molecule has 1 aromatic carbocycles. The molecule has 1 aliphatic rings. The molecule has 0 aliphatic carbocycles. The standard InChI is InChI=1S/C18H15ClFN3O4/c1-9-5-11(6-15-17(26)22(8-16(24)25)18(27)21-15)10(2)23(9)12-3-4-14(20)13(19)7-12/h3-7H,8H2,1-2H3,(H,21,27)(H,24,25)/b15-6+. The first kappa shape index (κ1) is 18.7. The van der Waals surface area contributed by atoms with Crippen molar-refractivity contribution in [1.29, 1.82) is 0 Å². The van der Waals surface area contributed by atoms with Crippen LogP contribution in [0.15, 0.2) is 30.0 Å². The van der Waals surface area contributed by atoms with E-state index in [0.29, 0.717) is 16.2 Å². The van der Waals surface area contributed by atoms with Gasteiger partial charge in [-0.05, 0) is 49.8 Å². The van der Waals surface area contributed by atoms with Crippen molar-refractivity contribution in [3.8, 4) is 5.69 Å². The first-order valence-corrected chi connectivity index (χ1v) is 8.27. The van der Waals surface area contributed by atoms with Crippen molar-refractivity contribution >= 4 is 35.6 Å². The summed E-state index contributed by atoms with van der Waals surface area (Å²) in [5.41, 5.74) is 2.82. The molecule has 0 radical (unpaired) electrons. The van der Waals surface area contributed by atoms with Crippen LogP contribution in [0, 0.1) is 19.7 Å². The minimum atomic E-state index is -1.29. The van der Waals surface area contributed by atoms with E-state index in [0.717, 1.165) is 11.4 Å². The molecule has 0 bridgehead atoms. The van der Waals surface area contributed by atoms with Crippen LogP contribution in [-0.4, -0.2) is 39.0 Å². The first-order valence-electron chi connectivity index (χ1n) is 7.89. The van der Waals surface area contributed by atoms with Gasteiger partial charge in [-0.1, -0.05) is 11.6 Å². The Morgan fingerprint density at radius 1 is 1.30 bits per heavy atom. The van der Waals surface area contributed by atoms with E-state index in [1.54, 1.807) is 19.1 Å². The molecule has 140 valence electrons. The number of aliphatic carboxylic acids is 1. The number of imide groups is 1. The number of urea groups is 1. The van der Waals surface area contributed by atoms with E-state index in [2.05, 4.69) is 5.32 Å². The highest BCUT2D eigenvalue weighted by atomic mass is 35.5. The van der Waals surface area contributed by atoms with Crippen LogP contribution in [-0.2, 0) is 9.59 Å². The molecule has 2 heterocycles. The van der Waals surface area contributed by atoms with Gasteiger partial charge in [-0.3, -0.25) is 9.59 Å². The van der Waals surface area contributed by atoms with Crippen molar-refractivity contribution < 1.29 is 23.9 Å². The van der Waals surface area contributed by atoms with Gasteiger partial charge in [0.05, 0.1) is 5.02 Å². The van der Waals surface area contributed by atoms with Gasteiger partial charge < -0.3 is 15.0 Å². The number of hydrogen-bond donors (Lipinski definition) is 2. The molecule has 0 unspecified atom stereocenters. The van der Waals surface area contributed by atoms with Crippen molar-refractivity contribution in [1.82, 2.24) is 14.8 Å².